The molecule has 1 saturated carbocycles. The van der Waals surface area contributed by atoms with E-state index in [1.54, 1.807) is 25.2 Å². The monoisotopic (exact) mass is 568 g/mol. The molecule has 0 bridgehead atoms. The van der Waals surface area contributed by atoms with Gasteiger partial charge in [-0.2, -0.15) is 0 Å². The van der Waals surface area contributed by atoms with Crippen LogP contribution in [0.2, 0.25) is 5.02 Å². The second kappa shape index (κ2) is 11.6. The number of ether oxygens (including phenoxy) is 1. The summed E-state index contributed by atoms with van der Waals surface area (Å²) in [7, 11) is 1.58. The van der Waals surface area contributed by atoms with Crippen LogP contribution in [0.25, 0.3) is 11.1 Å². The molecule has 0 radical (unpaired) electrons. The maximum absolute atomic E-state index is 13.4. The van der Waals surface area contributed by atoms with E-state index in [1.165, 1.54) is 24.1 Å². The average Bonchev–Trinajstić information content (AvgIpc) is 3.31. The molecule has 1 saturated heterocycles. The summed E-state index contributed by atoms with van der Waals surface area (Å²) in [6, 6.07) is 6.38. The normalized spacial score (nSPS) is 19.4. The van der Waals surface area contributed by atoms with Crippen LogP contribution in [0.15, 0.2) is 34.9 Å². The van der Waals surface area contributed by atoms with Crippen molar-refractivity contribution >= 4 is 63.7 Å². The molecule has 4 heterocycles. The van der Waals surface area contributed by atoms with Crippen LogP contribution in [0.3, 0.4) is 0 Å². The van der Waals surface area contributed by atoms with E-state index < -0.39 is 5.91 Å². The van der Waals surface area contributed by atoms with E-state index in [1.807, 2.05) is 4.90 Å². The number of carbonyl (C=O) groups is 4. The quantitative estimate of drug-likeness (QED) is 0.459. The van der Waals surface area contributed by atoms with Crippen molar-refractivity contribution in [1.82, 2.24) is 14.9 Å². The van der Waals surface area contributed by atoms with Crippen LogP contribution in [0.5, 0.6) is 0 Å². The number of pyridine rings is 2. The number of carbonyl (C=O) groups excluding carboxylic acids is 4. The van der Waals surface area contributed by atoms with Crippen LogP contribution in [0.4, 0.5) is 17.3 Å². The van der Waals surface area contributed by atoms with E-state index in [0.717, 1.165) is 0 Å². The van der Waals surface area contributed by atoms with Gasteiger partial charge in [-0.25, -0.2) is 9.97 Å². The molecule has 210 valence electrons. The Kier molecular flexibility index (Phi) is 7.99. The van der Waals surface area contributed by atoms with Crippen LogP contribution in [0.1, 0.15) is 43.2 Å². The Hall–Kier alpha value is -4.03. The van der Waals surface area contributed by atoms with Gasteiger partial charge in [-0.15, -0.1) is 0 Å². The van der Waals surface area contributed by atoms with Gasteiger partial charge >= 0.3 is 0 Å². The van der Waals surface area contributed by atoms with Crippen molar-refractivity contribution in [2.24, 2.45) is 5.92 Å². The van der Waals surface area contributed by atoms with Gasteiger partial charge in [0, 0.05) is 38.7 Å². The molecular weight excluding hydrogens is 540 g/mol. The van der Waals surface area contributed by atoms with Crippen molar-refractivity contribution in [3.05, 3.63) is 41.2 Å². The Balaban J connectivity index is 1.39. The molecule has 3 aromatic heterocycles. The molecule has 2 N–H and O–H groups in total. The van der Waals surface area contributed by atoms with Crippen molar-refractivity contribution < 1.29 is 28.3 Å². The zero-order chi connectivity index (χ0) is 28.4. The molecule has 0 aromatic carbocycles. The number of nitrogens with one attached hydrogen (secondary N) is 2. The summed E-state index contributed by atoms with van der Waals surface area (Å²) >= 11 is 5.90. The zero-order valence-electron chi connectivity index (χ0n) is 22.1. The minimum absolute atomic E-state index is 0.0211. The number of hydrogen-bond donors (Lipinski definition) is 2. The predicted octanol–water partition coefficient (Wildman–Crippen LogP) is 3.47. The number of hydrogen-bond acceptors (Lipinski definition) is 8. The molecule has 0 atom stereocenters. The lowest BCUT2D eigenvalue weighted by Crippen LogP contribution is -2.49. The largest absolute Gasteiger partial charge is 0.447 e. The molecule has 40 heavy (non-hydrogen) atoms. The van der Waals surface area contributed by atoms with Crippen LogP contribution in [-0.2, 0) is 19.1 Å². The minimum Gasteiger partial charge on any atom is -0.447 e. The summed E-state index contributed by atoms with van der Waals surface area (Å²) in [6.07, 6.45) is 3.94. The lowest BCUT2D eigenvalue weighted by atomic mass is 9.84. The highest BCUT2D eigenvalue weighted by Gasteiger charge is 2.34. The number of amides is 4. The van der Waals surface area contributed by atoms with Gasteiger partial charge in [0.25, 0.3) is 5.91 Å². The number of rotatable bonds is 6. The fourth-order valence-electron chi connectivity index (χ4n) is 5.00. The summed E-state index contributed by atoms with van der Waals surface area (Å²) in [5, 5.41) is 5.93. The van der Waals surface area contributed by atoms with Gasteiger partial charge < -0.3 is 29.6 Å². The number of morpholine rings is 1. The predicted molar refractivity (Wildman–Crippen MR) is 147 cm³/mol. The van der Waals surface area contributed by atoms with Crippen LogP contribution in [-0.4, -0.2) is 71.3 Å². The Bertz CT molecular complexity index is 1450. The highest BCUT2D eigenvalue weighted by Crippen LogP contribution is 2.34. The van der Waals surface area contributed by atoms with Crippen molar-refractivity contribution in [3.63, 3.8) is 0 Å². The van der Waals surface area contributed by atoms with Crippen molar-refractivity contribution in [2.75, 3.05) is 42.3 Å². The topological polar surface area (TPSA) is 147 Å². The molecule has 2 aliphatic rings. The molecule has 5 rings (SSSR count). The Labute approximate surface area is 235 Å². The molecule has 3 aromatic rings. The van der Waals surface area contributed by atoms with Gasteiger partial charge in [0.1, 0.15) is 29.4 Å². The molecule has 0 spiro atoms. The standard InChI is InChI=1S/C27H29ClN6O6/c1-15(35)33(2)21-10-8-19-23(31-21)24(25(40-19)27(38)30-20-9-5-17(28)13-29-20)32-26(37)16-3-6-18(7-4-16)34-11-12-39-14-22(34)36/h5,8-10,13,16,18H,3-4,6-7,11-12,14H2,1-2H3,(H,32,37)(H,29,30,38). The lowest BCUT2D eigenvalue weighted by molar-refractivity contribution is -0.146. The van der Waals surface area contributed by atoms with Crippen molar-refractivity contribution in [3.8, 4) is 0 Å². The summed E-state index contributed by atoms with van der Waals surface area (Å²) in [6.45, 7) is 2.58. The average molecular weight is 569 g/mol. The Morgan fingerprint density at radius 3 is 2.55 bits per heavy atom. The van der Waals surface area contributed by atoms with E-state index >= 15 is 0 Å². The van der Waals surface area contributed by atoms with Gasteiger partial charge in [0.05, 0.1) is 11.6 Å². The molecule has 1 aliphatic heterocycles. The van der Waals surface area contributed by atoms with E-state index in [0.29, 0.717) is 49.7 Å². The highest BCUT2D eigenvalue weighted by atomic mass is 35.5. The summed E-state index contributed by atoms with van der Waals surface area (Å²) in [5.74, 6) is -1.07. The third-order valence-electron chi connectivity index (χ3n) is 7.29. The first-order valence-electron chi connectivity index (χ1n) is 13.0. The van der Waals surface area contributed by atoms with Crippen LogP contribution in [0, 0.1) is 5.92 Å². The van der Waals surface area contributed by atoms with Crippen LogP contribution < -0.4 is 15.5 Å². The molecule has 12 nitrogen and oxygen atoms in total. The van der Waals surface area contributed by atoms with Gasteiger partial charge in [0.15, 0.2) is 5.58 Å². The maximum Gasteiger partial charge on any atom is 0.294 e. The first kappa shape index (κ1) is 27.5. The number of anilines is 3. The number of aromatic nitrogens is 2. The Morgan fingerprint density at radius 2 is 1.88 bits per heavy atom. The summed E-state index contributed by atoms with van der Waals surface area (Å²) in [5.41, 5.74) is 0.608. The SMILES string of the molecule is CC(=O)N(C)c1ccc2oc(C(=O)Nc3ccc(Cl)cn3)c(NC(=O)C3CCC(N4CCOCC4=O)CC3)c2n1. The Morgan fingerprint density at radius 1 is 1.10 bits per heavy atom. The minimum atomic E-state index is -0.640. The fourth-order valence-corrected chi connectivity index (χ4v) is 5.12. The number of furan rings is 1. The molecule has 2 fully saturated rings. The van der Waals surface area contributed by atoms with E-state index in [-0.39, 0.29) is 64.7 Å². The number of halogens is 1. The smallest absolute Gasteiger partial charge is 0.294 e. The van der Waals surface area contributed by atoms with Gasteiger partial charge in [-0.3, -0.25) is 19.2 Å². The van der Waals surface area contributed by atoms with E-state index in [9.17, 15) is 19.2 Å². The van der Waals surface area contributed by atoms with Crippen molar-refractivity contribution in [1.29, 1.82) is 0 Å². The molecule has 13 heteroatoms. The lowest BCUT2D eigenvalue weighted by Gasteiger charge is -2.38. The van der Waals surface area contributed by atoms with Gasteiger partial charge in [-0.05, 0) is 49.9 Å². The third kappa shape index (κ3) is 5.77. The number of nitrogens with zero attached hydrogens (tertiary/aromatic N) is 4. The maximum atomic E-state index is 13.4. The fraction of sp³-hybridized carbons (Fsp3) is 0.407. The zero-order valence-corrected chi connectivity index (χ0v) is 22.9. The summed E-state index contributed by atoms with van der Waals surface area (Å²) in [4.78, 5) is 62.7. The number of fused-ring (bicyclic) bond motifs is 1. The first-order valence-corrected chi connectivity index (χ1v) is 13.4. The van der Waals surface area contributed by atoms with E-state index in [2.05, 4.69) is 20.6 Å². The molecule has 1 aliphatic carbocycles. The second-order valence-corrected chi connectivity index (χ2v) is 10.3. The third-order valence-corrected chi connectivity index (χ3v) is 7.51. The van der Waals surface area contributed by atoms with Gasteiger partial charge in [0.2, 0.25) is 23.5 Å². The van der Waals surface area contributed by atoms with Gasteiger partial charge in [-0.1, -0.05) is 11.6 Å². The van der Waals surface area contributed by atoms with E-state index in [4.69, 9.17) is 20.8 Å². The first-order chi connectivity index (χ1) is 19.2. The highest BCUT2D eigenvalue weighted by molar-refractivity contribution is 6.30. The molecule has 0 unspecified atom stereocenters. The molecular formula is C27H29ClN6O6. The second-order valence-electron chi connectivity index (χ2n) is 9.85. The van der Waals surface area contributed by atoms with Crippen molar-refractivity contribution in [2.45, 2.75) is 38.6 Å². The molecule has 4 amide bonds. The van der Waals surface area contributed by atoms with Crippen LogP contribution >= 0.6 is 11.6 Å². The summed E-state index contributed by atoms with van der Waals surface area (Å²) < 4.78 is 11.1.